The zero-order valence-corrected chi connectivity index (χ0v) is 8.29. The number of hydrogen-bond acceptors (Lipinski definition) is 3. The average Bonchev–Trinajstić information content (AvgIpc) is 2.36. The molecule has 0 unspecified atom stereocenters. The number of Topliss-reactive ketones (excluding diaryl/α,β-unsaturated/α-hetero) is 1. The fourth-order valence-corrected chi connectivity index (χ4v) is 2.94. The summed E-state index contributed by atoms with van der Waals surface area (Å²) in [6.45, 7) is 6.19. The molecule has 2 rings (SSSR count). The predicted molar refractivity (Wildman–Crippen MR) is 48.8 cm³/mol. The van der Waals surface area contributed by atoms with Gasteiger partial charge in [0, 0.05) is 11.3 Å². The number of rotatable bonds is 0. The van der Waals surface area contributed by atoms with Gasteiger partial charge in [-0.05, 0) is 18.3 Å². The van der Waals surface area contributed by atoms with Gasteiger partial charge in [0.15, 0.2) is 5.78 Å². The van der Waals surface area contributed by atoms with E-state index in [2.05, 4.69) is 19.0 Å². The third-order valence-corrected chi connectivity index (χ3v) is 4.40. The molecule has 72 valence electrons. The monoisotopic (exact) mass is 181 g/mol. The Balaban J connectivity index is 2.57. The van der Waals surface area contributed by atoms with Crippen molar-refractivity contribution in [2.24, 2.45) is 21.9 Å². The molecule has 2 atom stereocenters. The summed E-state index contributed by atoms with van der Waals surface area (Å²) in [7, 11) is 0. The van der Waals surface area contributed by atoms with Crippen molar-refractivity contribution in [1.29, 1.82) is 0 Å². The van der Waals surface area contributed by atoms with E-state index in [1.54, 1.807) is 0 Å². The Kier molecular flexibility index (Phi) is 1.44. The molecule has 0 spiro atoms. The maximum absolute atomic E-state index is 11.8. The third-order valence-electron chi connectivity index (χ3n) is 4.40. The highest BCUT2D eigenvalue weighted by Gasteiger charge is 2.65. The number of fused-ring (bicyclic) bond motifs is 2. The number of ketones is 1. The molecule has 0 aromatic heterocycles. The molecule has 2 bridgehead atoms. The van der Waals surface area contributed by atoms with Crippen LogP contribution in [-0.2, 0) is 4.79 Å². The van der Waals surface area contributed by atoms with E-state index in [1.807, 2.05) is 6.92 Å². The molecule has 2 fully saturated rings. The van der Waals surface area contributed by atoms with Gasteiger partial charge < -0.3 is 5.21 Å². The molecule has 0 saturated heterocycles. The lowest BCUT2D eigenvalue weighted by atomic mass is 9.70. The minimum atomic E-state index is -0.292. The molecule has 0 aromatic rings. The molecule has 3 heteroatoms. The quantitative estimate of drug-likeness (QED) is 0.458. The first kappa shape index (κ1) is 8.73. The summed E-state index contributed by atoms with van der Waals surface area (Å²) in [5.74, 6) is 0.214. The van der Waals surface area contributed by atoms with Crippen molar-refractivity contribution in [3.05, 3.63) is 0 Å². The summed E-state index contributed by atoms with van der Waals surface area (Å²) >= 11 is 0. The Morgan fingerprint density at radius 3 is 2.38 bits per heavy atom. The van der Waals surface area contributed by atoms with Crippen LogP contribution in [0.1, 0.15) is 33.6 Å². The lowest BCUT2D eigenvalue weighted by Crippen LogP contribution is -2.33. The minimum absolute atomic E-state index is 0.0361. The summed E-state index contributed by atoms with van der Waals surface area (Å²) in [5.41, 5.74) is 0.0731. The first-order valence-corrected chi connectivity index (χ1v) is 4.72. The second kappa shape index (κ2) is 2.14. The van der Waals surface area contributed by atoms with Crippen molar-refractivity contribution in [2.75, 3.05) is 0 Å². The second-order valence-electron chi connectivity index (χ2n) is 4.96. The SMILES string of the molecule is CC1(C)[C@@H]2CC[C@]1(C)C(=O)/C2=N/O. The van der Waals surface area contributed by atoms with Crippen molar-refractivity contribution in [2.45, 2.75) is 33.6 Å². The third kappa shape index (κ3) is 0.713. The maximum Gasteiger partial charge on any atom is 0.187 e. The Labute approximate surface area is 77.8 Å². The Morgan fingerprint density at radius 2 is 2.08 bits per heavy atom. The Bertz CT molecular complexity index is 306. The molecule has 0 heterocycles. The first-order chi connectivity index (χ1) is 5.95. The summed E-state index contributed by atoms with van der Waals surface area (Å²) < 4.78 is 0. The van der Waals surface area contributed by atoms with Crippen molar-refractivity contribution >= 4 is 11.5 Å². The van der Waals surface area contributed by atoms with Gasteiger partial charge in [0.25, 0.3) is 0 Å². The minimum Gasteiger partial charge on any atom is -0.411 e. The molecule has 0 amide bonds. The zero-order chi connectivity index (χ0) is 9.85. The molecule has 13 heavy (non-hydrogen) atoms. The second-order valence-corrected chi connectivity index (χ2v) is 4.96. The van der Waals surface area contributed by atoms with Gasteiger partial charge in [-0.1, -0.05) is 25.9 Å². The predicted octanol–water partition coefficient (Wildman–Crippen LogP) is 1.84. The van der Waals surface area contributed by atoms with E-state index in [4.69, 9.17) is 5.21 Å². The highest BCUT2D eigenvalue weighted by Crippen LogP contribution is 2.62. The zero-order valence-electron chi connectivity index (χ0n) is 8.29. The fourth-order valence-electron chi connectivity index (χ4n) is 2.94. The number of carbonyl (C=O) groups is 1. The van der Waals surface area contributed by atoms with Crippen molar-refractivity contribution < 1.29 is 10.0 Å². The smallest absolute Gasteiger partial charge is 0.187 e. The molecule has 2 saturated carbocycles. The van der Waals surface area contributed by atoms with Crippen molar-refractivity contribution in [3.63, 3.8) is 0 Å². The number of carbonyl (C=O) groups excluding carboxylic acids is 1. The lowest BCUT2D eigenvalue weighted by Gasteiger charge is -2.31. The van der Waals surface area contributed by atoms with Gasteiger partial charge in [0.05, 0.1) is 0 Å². The van der Waals surface area contributed by atoms with Gasteiger partial charge in [-0.2, -0.15) is 0 Å². The van der Waals surface area contributed by atoms with Crippen LogP contribution in [-0.4, -0.2) is 16.7 Å². The van der Waals surface area contributed by atoms with Crippen molar-refractivity contribution in [1.82, 2.24) is 0 Å². The van der Waals surface area contributed by atoms with Gasteiger partial charge in [0.1, 0.15) is 5.71 Å². The average molecular weight is 181 g/mol. The van der Waals surface area contributed by atoms with E-state index in [1.165, 1.54) is 0 Å². The highest BCUT2D eigenvalue weighted by atomic mass is 16.4. The van der Waals surface area contributed by atoms with Gasteiger partial charge >= 0.3 is 0 Å². The van der Waals surface area contributed by atoms with Gasteiger partial charge in [-0.3, -0.25) is 4.79 Å². The molecule has 0 aliphatic heterocycles. The molecule has 1 N–H and O–H groups in total. The number of hydrogen-bond donors (Lipinski definition) is 1. The number of oxime groups is 1. The van der Waals surface area contributed by atoms with Crippen LogP contribution in [0, 0.1) is 16.7 Å². The summed E-state index contributed by atoms with van der Waals surface area (Å²) in [6.07, 6.45) is 1.91. The first-order valence-electron chi connectivity index (χ1n) is 4.72. The fraction of sp³-hybridized carbons (Fsp3) is 0.800. The van der Waals surface area contributed by atoms with E-state index >= 15 is 0 Å². The van der Waals surface area contributed by atoms with Crippen LogP contribution in [0.25, 0.3) is 0 Å². The largest absolute Gasteiger partial charge is 0.411 e. The Morgan fingerprint density at radius 1 is 1.46 bits per heavy atom. The number of nitrogens with zero attached hydrogens (tertiary/aromatic N) is 1. The van der Waals surface area contributed by atoms with Gasteiger partial charge in [-0.25, -0.2) is 0 Å². The van der Waals surface area contributed by atoms with E-state index in [-0.39, 0.29) is 22.5 Å². The van der Waals surface area contributed by atoms with Crippen molar-refractivity contribution in [3.8, 4) is 0 Å². The normalized spacial score (nSPS) is 44.7. The van der Waals surface area contributed by atoms with Crippen LogP contribution in [0.3, 0.4) is 0 Å². The molecule has 0 radical (unpaired) electrons. The summed E-state index contributed by atoms with van der Waals surface area (Å²) in [4.78, 5) is 11.8. The lowest BCUT2D eigenvalue weighted by molar-refractivity contribution is -0.123. The molecule has 2 aliphatic carbocycles. The Hall–Kier alpha value is -0.860. The van der Waals surface area contributed by atoms with Crippen LogP contribution < -0.4 is 0 Å². The maximum atomic E-state index is 11.8. The van der Waals surface area contributed by atoms with E-state index in [0.717, 1.165) is 12.8 Å². The van der Waals surface area contributed by atoms with Crippen LogP contribution >= 0.6 is 0 Å². The van der Waals surface area contributed by atoms with Gasteiger partial charge in [0.2, 0.25) is 0 Å². The molecular formula is C10H15NO2. The van der Waals surface area contributed by atoms with E-state index in [9.17, 15) is 4.79 Å². The van der Waals surface area contributed by atoms with Crippen LogP contribution in [0.5, 0.6) is 0 Å². The molecule has 2 aliphatic rings. The van der Waals surface area contributed by atoms with Crippen LogP contribution in [0.4, 0.5) is 0 Å². The van der Waals surface area contributed by atoms with E-state index < -0.39 is 0 Å². The van der Waals surface area contributed by atoms with Crippen LogP contribution in [0.2, 0.25) is 0 Å². The summed E-state index contributed by atoms with van der Waals surface area (Å²) in [5, 5.41) is 11.9. The molecule has 3 nitrogen and oxygen atoms in total. The molecule has 0 aromatic carbocycles. The highest BCUT2D eigenvalue weighted by molar-refractivity contribution is 6.45. The molecular weight excluding hydrogens is 166 g/mol. The standard InChI is InChI=1S/C10H15NO2/c1-9(2)6-4-5-10(9,3)8(12)7(6)11-13/h6,13H,4-5H2,1-3H3/b11-7+/t6-,10-/m1/s1. The van der Waals surface area contributed by atoms with E-state index in [0.29, 0.717) is 5.71 Å². The topological polar surface area (TPSA) is 49.7 Å². The van der Waals surface area contributed by atoms with Gasteiger partial charge in [-0.15, -0.1) is 0 Å². The van der Waals surface area contributed by atoms with Crippen LogP contribution in [0.15, 0.2) is 5.16 Å². The summed E-state index contributed by atoms with van der Waals surface area (Å²) in [6, 6.07) is 0.